The van der Waals surface area contributed by atoms with Crippen LogP contribution in [0.25, 0.3) is 0 Å². The van der Waals surface area contributed by atoms with Crippen molar-refractivity contribution in [2.24, 2.45) is 0 Å². The van der Waals surface area contributed by atoms with Crippen molar-refractivity contribution < 1.29 is 4.74 Å². The number of rotatable bonds is 3. The van der Waals surface area contributed by atoms with Gasteiger partial charge in [-0.2, -0.15) is 10.2 Å². The van der Waals surface area contributed by atoms with Gasteiger partial charge in [0.05, 0.1) is 5.56 Å². The van der Waals surface area contributed by atoms with E-state index in [1.165, 1.54) is 0 Å². The SMILES string of the molecule is CNc1nc(C)cc(Oc2ccccc2C#N)n1. The molecule has 0 unspecified atom stereocenters. The molecule has 0 atom stereocenters. The lowest BCUT2D eigenvalue weighted by atomic mass is 10.2. The minimum Gasteiger partial charge on any atom is -0.437 e. The largest absolute Gasteiger partial charge is 0.437 e. The van der Waals surface area contributed by atoms with E-state index in [0.29, 0.717) is 23.1 Å². The molecule has 0 aliphatic heterocycles. The third kappa shape index (κ3) is 2.55. The molecule has 0 spiro atoms. The second-order valence-corrected chi connectivity index (χ2v) is 3.63. The fourth-order valence-corrected chi connectivity index (χ4v) is 1.46. The standard InChI is InChI=1S/C13H12N4O/c1-9-7-12(17-13(15-2)16-9)18-11-6-4-3-5-10(11)8-14/h3-7H,1-2H3,(H,15,16,17). The van der Waals surface area contributed by atoms with Gasteiger partial charge in [-0.15, -0.1) is 0 Å². The molecule has 0 aliphatic carbocycles. The number of hydrogen-bond acceptors (Lipinski definition) is 5. The quantitative estimate of drug-likeness (QED) is 0.892. The van der Waals surface area contributed by atoms with E-state index in [9.17, 15) is 0 Å². The van der Waals surface area contributed by atoms with Crippen molar-refractivity contribution in [1.29, 1.82) is 5.26 Å². The fraction of sp³-hybridized carbons (Fsp3) is 0.154. The van der Waals surface area contributed by atoms with E-state index in [-0.39, 0.29) is 0 Å². The summed E-state index contributed by atoms with van der Waals surface area (Å²) >= 11 is 0. The first-order chi connectivity index (χ1) is 8.72. The zero-order chi connectivity index (χ0) is 13.0. The van der Waals surface area contributed by atoms with Gasteiger partial charge in [-0.1, -0.05) is 12.1 Å². The molecule has 1 aromatic carbocycles. The molecule has 1 aromatic heterocycles. The van der Waals surface area contributed by atoms with E-state index >= 15 is 0 Å². The van der Waals surface area contributed by atoms with Crippen LogP contribution in [-0.2, 0) is 0 Å². The summed E-state index contributed by atoms with van der Waals surface area (Å²) in [7, 11) is 1.74. The van der Waals surface area contributed by atoms with Crippen LogP contribution in [0.2, 0.25) is 0 Å². The van der Waals surface area contributed by atoms with Gasteiger partial charge in [0.1, 0.15) is 11.8 Å². The Morgan fingerprint density at radius 2 is 2.06 bits per heavy atom. The Balaban J connectivity index is 2.34. The number of ether oxygens (including phenoxy) is 1. The van der Waals surface area contributed by atoms with Crippen LogP contribution in [0, 0.1) is 18.3 Å². The summed E-state index contributed by atoms with van der Waals surface area (Å²) in [6.45, 7) is 1.85. The molecule has 90 valence electrons. The number of anilines is 1. The maximum Gasteiger partial charge on any atom is 0.225 e. The monoisotopic (exact) mass is 240 g/mol. The van der Waals surface area contributed by atoms with Crippen molar-refractivity contribution >= 4 is 5.95 Å². The fourth-order valence-electron chi connectivity index (χ4n) is 1.46. The average Bonchev–Trinajstić information content (AvgIpc) is 2.38. The second-order valence-electron chi connectivity index (χ2n) is 3.63. The number of nitriles is 1. The predicted octanol–water partition coefficient (Wildman–Crippen LogP) is 2.49. The molecule has 0 aliphatic rings. The number of nitrogens with one attached hydrogen (secondary N) is 1. The molecular formula is C13H12N4O. The Morgan fingerprint density at radius 1 is 1.28 bits per heavy atom. The molecule has 0 bridgehead atoms. The molecule has 0 fully saturated rings. The third-order valence-electron chi connectivity index (χ3n) is 2.28. The number of benzene rings is 1. The topological polar surface area (TPSA) is 70.8 Å². The second kappa shape index (κ2) is 5.15. The molecule has 0 saturated heterocycles. The number of aromatic nitrogens is 2. The molecule has 5 heteroatoms. The lowest BCUT2D eigenvalue weighted by molar-refractivity contribution is 0.460. The van der Waals surface area contributed by atoms with E-state index < -0.39 is 0 Å². The molecule has 2 rings (SSSR count). The number of nitrogens with zero attached hydrogens (tertiary/aromatic N) is 3. The van der Waals surface area contributed by atoms with E-state index in [0.717, 1.165) is 5.69 Å². The van der Waals surface area contributed by atoms with E-state index in [1.54, 1.807) is 31.3 Å². The van der Waals surface area contributed by atoms with Crippen LogP contribution >= 0.6 is 0 Å². The summed E-state index contributed by atoms with van der Waals surface area (Å²) in [6.07, 6.45) is 0. The Bertz CT molecular complexity index is 604. The number of para-hydroxylation sites is 1. The third-order valence-corrected chi connectivity index (χ3v) is 2.28. The number of hydrogen-bond donors (Lipinski definition) is 1. The average molecular weight is 240 g/mol. The minimum absolute atomic E-state index is 0.412. The Kier molecular flexibility index (Phi) is 3.39. The van der Waals surface area contributed by atoms with Gasteiger partial charge in [-0.05, 0) is 19.1 Å². The van der Waals surface area contributed by atoms with Crippen LogP contribution in [0.5, 0.6) is 11.6 Å². The lowest BCUT2D eigenvalue weighted by Gasteiger charge is -2.08. The molecule has 0 saturated carbocycles. The molecule has 1 heterocycles. The summed E-state index contributed by atoms with van der Waals surface area (Å²) < 4.78 is 5.61. The lowest BCUT2D eigenvalue weighted by Crippen LogP contribution is -2.00. The van der Waals surface area contributed by atoms with Crippen LogP contribution in [0.15, 0.2) is 30.3 Å². The van der Waals surface area contributed by atoms with E-state index in [4.69, 9.17) is 10.00 Å². The maximum atomic E-state index is 8.98. The Hall–Kier alpha value is -2.61. The van der Waals surface area contributed by atoms with Crippen LogP contribution in [-0.4, -0.2) is 17.0 Å². The van der Waals surface area contributed by atoms with Crippen molar-refractivity contribution in [3.05, 3.63) is 41.6 Å². The van der Waals surface area contributed by atoms with Gasteiger partial charge in [-0.3, -0.25) is 0 Å². The highest BCUT2D eigenvalue weighted by Gasteiger charge is 2.06. The summed E-state index contributed by atoms with van der Waals surface area (Å²) in [4.78, 5) is 8.34. The molecule has 2 aromatic rings. The highest BCUT2D eigenvalue weighted by Crippen LogP contribution is 2.24. The van der Waals surface area contributed by atoms with Crippen LogP contribution in [0.1, 0.15) is 11.3 Å². The Morgan fingerprint density at radius 3 is 2.78 bits per heavy atom. The van der Waals surface area contributed by atoms with Crippen molar-refractivity contribution in [2.45, 2.75) is 6.92 Å². The van der Waals surface area contributed by atoms with Crippen LogP contribution in [0.4, 0.5) is 5.95 Å². The highest BCUT2D eigenvalue weighted by molar-refractivity contribution is 5.44. The Labute approximate surface area is 105 Å². The molecule has 1 N–H and O–H groups in total. The first kappa shape index (κ1) is 11.9. The summed E-state index contributed by atoms with van der Waals surface area (Å²) in [5.41, 5.74) is 1.26. The predicted molar refractivity (Wildman–Crippen MR) is 67.5 cm³/mol. The molecule has 5 nitrogen and oxygen atoms in total. The van der Waals surface area contributed by atoms with Gasteiger partial charge < -0.3 is 10.1 Å². The van der Waals surface area contributed by atoms with Crippen LogP contribution in [0.3, 0.4) is 0 Å². The van der Waals surface area contributed by atoms with Gasteiger partial charge in [0.25, 0.3) is 0 Å². The van der Waals surface area contributed by atoms with Gasteiger partial charge in [-0.25, -0.2) is 4.98 Å². The normalized spacial score (nSPS) is 9.61. The zero-order valence-electron chi connectivity index (χ0n) is 10.1. The maximum absolute atomic E-state index is 8.98. The van der Waals surface area contributed by atoms with Crippen molar-refractivity contribution in [3.8, 4) is 17.7 Å². The molecular weight excluding hydrogens is 228 g/mol. The van der Waals surface area contributed by atoms with Crippen molar-refractivity contribution in [2.75, 3.05) is 12.4 Å². The van der Waals surface area contributed by atoms with E-state index in [1.807, 2.05) is 13.0 Å². The minimum atomic E-state index is 0.412. The van der Waals surface area contributed by atoms with Crippen LogP contribution < -0.4 is 10.1 Å². The molecule has 0 radical (unpaired) electrons. The van der Waals surface area contributed by atoms with Crippen molar-refractivity contribution in [1.82, 2.24) is 9.97 Å². The molecule has 18 heavy (non-hydrogen) atoms. The van der Waals surface area contributed by atoms with Crippen molar-refractivity contribution in [3.63, 3.8) is 0 Å². The first-order valence-electron chi connectivity index (χ1n) is 5.43. The van der Waals surface area contributed by atoms with Gasteiger partial charge in [0.2, 0.25) is 11.8 Å². The van der Waals surface area contributed by atoms with Gasteiger partial charge >= 0.3 is 0 Å². The zero-order valence-corrected chi connectivity index (χ0v) is 10.1. The smallest absolute Gasteiger partial charge is 0.225 e. The van der Waals surface area contributed by atoms with E-state index in [2.05, 4.69) is 21.4 Å². The van der Waals surface area contributed by atoms with Gasteiger partial charge in [0, 0.05) is 18.8 Å². The summed E-state index contributed by atoms with van der Waals surface area (Å²) in [5, 5.41) is 11.8. The summed E-state index contributed by atoms with van der Waals surface area (Å²) in [6, 6.07) is 10.8. The number of aryl methyl sites for hydroxylation is 1. The molecule has 0 amide bonds. The summed E-state index contributed by atoms with van der Waals surface area (Å²) in [5.74, 6) is 1.38. The van der Waals surface area contributed by atoms with Gasteiger partial charge in [0.15, 0.2) is 0 Å². The first-order valence-corrected chi connectivity index (χ1v) is 5.43. The highest BCUT2D eigenvalue weighted by atomic mass is 16.5.